The van der Waals surface area contributed by atoms with Crippen LogP contribution >= 0.6 is 0 Å². The molecule has 9 heteroatoms. The van der Waals surface area contributed by atoms with Gasteiger partial charge >= 0.3 is 0 Å². The molecule has 36 heavy (non-hydrogen) atoms. The molecule has 1 aliphatic rings. The lowest BCUT2D eigenvalue weighted by Crippen LogP contribution is -2.21. The van der Waals surface area contributed by atoms with Gasteiger partial charge in [-0.25, -0.2) is 4.98 Å². The van der Waals surface area contributed by atoms with Crippen LogP contribution in [0.5, 0.6) is 23.0 Å². The second kappa shape index (κ2) is 11.4. The third kappa shape index (κ3) is 5.63. The van der Waals surface area contributed by atoms with Crippen molar-refractivity contribution in [3.63, 3.8) is 0 Å². The Labute approximate surface area is 209 Å². The summed E-state index contributed by atoms with van der Waals surface area (Å²) in [4.78, 5) is 26.5. The summed E-state index contributed by atoms with van der Waals surface area (Å²) in [7, 11) is 2.97. The highest BCUT2D eigenvalue weighted by molar-refractivity contribution is 5.92. The Morgan fingerprint density at radius 3 is 1.92 bits per heavy atom. The zero-order chi connectivity index (χ0) is 25.5. The van der Waals surface area contributed by atoms with E-state index in [4.69, 9.17) is 9.47 Å². The molecule has 2 aromatic carbocycles. The van der Waals surface area contributed by atoms with Gasteiger partial charge in [-0.15, -0.1) is 0 Å². The third-order valence-corrected chi connectivity index (χ3v) is 6.09. The topological polar surface area (TPSA) is 126 Å². The van der Waals surface area contributed by atoms with Crippen molar-refractivity contribution in [3.05, 3.63) is 71.9 Å². The zero-order valence-corrected chi connectivity index (χ0v) is 20.0. The van der Waals surface area contributed by atoms with Crippen LogP contribution in [-0.2, 0) is 4.79 Å². The first-order valence-electron chi connectivity index (χ1n) is 11.5. The molecule has 1 aliphatic carbocycles. The molecule has 1 aromatic heterocycles. The minimum Gasteiger partial charge on any atom is -0.504 e. The molecule has 0 radical (unpaired) electrons. The number of para-hydroxylation sites is 2. The molecule has 3 aromatic rings. The Balaban J connectivity index is 1.58. The Morgan fingerprint density at radius 2 is 1.44 bits per heavy atom. The van der Waals surface area contributed by atoms with Gasteiger partial charge in [-0.2, -0.15) is 0 Å². The maximum absolute atomic E-state index is 13.0. The molecule has 1 saturated carbocycles. The predicted molar refractivity (Wildman–Crippen MR) is 138 cm³/mol. The predicted octanol–water partition coefficient (Wildman–Crippen LogP) is 3.83. The number of aromatic nitrogens is 1. The van der Waals surface area contributed by atoms with Crippen molar-refractivity contribution in [2.75, 3.05) is 19.5 Å². The molecule has 1 fully saturated rings. The third-order valence-electron chi connectivity index (χ3n) is 6.09. The lowest BCUT2D eigenvalue weighted by atomic mass is 10.1. The first kappa shape index (κ1) is 24.7. The number of hydrogen-bond donors (Lipinski definition) is 3. The highest BCUT2D eigenvalue weighted by Crippen LogP contribution is 2.34. The molecule has 0 spiro atoms. The molecule has 4 rings (SSSR count). The zero-order valence-electron chi connectivity index (χ0n) is 20.0. The number of pyridine rings is 1. The quantitative estimate of drug-likeness (QED) is 0.414. The van der Waals surface area contributed by atoms with E-state index in [2.05, 4.69) is 20.3 Å². The number of carbonyl (C=O) groups excluding carboxylic acids is 1. The number of carbonyl (C=O) groups is 1. The SMILES string of the molecule is COc1cccc(C=N[C@H]2CC(C(=O)Nc3ccccn3)C[C@H]2N=Cc2cccc(OC)c2O)c1O. The number of phenolic OH excluding ortho intramolecular Hbond substituents is 2. The highest BCUT2D eigenvalue weighted by atomic mass is 16.5. The number of amides is 1. The number of methoxy groups -OCH3 is 2. The van der Waals surface area contributed by atoms with E-state index >= 15 is 0 Å². The van der Waals surface area contributed by atoms with E-state index in [0.717, 1.165) is 0 Å². The molecule has 186 valence electrons. The molecular formula is C27H28N4O5. The van der Waals surface area contributed by atoms with E-state index in [9.17, 15) is 15.0 Å². The summed E-state index contributed by atoms with van der Waals surface area (Å²) in [6.07, 6.45) is 5.70. The Hall–Kier alpha value is -4.40. The molecule has 1 amide bonds. The van der Waals surface area contributed by atoms with Crippen molar-refractivity contribution < 1.29 is 24.5 Å². The van der Waals surface area contributed by atoms with Crippen LogP contribution in [0.25, 0.3) is 0 Å². The van der Waals surface area contributed by atoms with E-state index in [1.54, 1.807) is 73.2 Å². The second-order valence-electron chi connectivity index (χ2n) is 8.36. The van der Waals surface area contributed by atoms with Gasteiger partial charge in [0, 0.05) is 35.7 Å². The number of hydrogen-bond acceptors (Lipinski definition) is 8. The maximum atomic E-state index is 13.0. The minimum absolute atomic E-state index is 0.00690. The van der Waals surface area contributed by atoms with E-state index < -0.39 is 0 Å². The van der Waals surface area contributed by atoms with Crippen LogP contribution in [0.2, 0.25) is 0 Å². The number of ether oxygens (including phenoxy) is 2. The van der Waals surface area contributed by atoms with Gasteiger partial charge in [-0.1, -0.05) is 18.2 Å². The number of rotatable bonds is 8. The van der Waals surface area contributed by atoms with Crippen LogP contribution in [-0.4, -0.2) is 59.8 Å². The van der Waals surface area contributed by atoms with Crippen molar-refractivity contribution in [3.8, 4) is 23.0 Å². The van der Waals surface area contributed by atoms with Gasteiger partial charge in [0.15, 0.2) is 23.0 Å². The normalized spacial score (nSPS) is 19.6. The van der Waals surface area contributed by atoms with Gasteiger partial charge in [0.2, 0.25) is 5.91 Å². The summed E-state index contributed by atoms with van der Waals surface area (Å²) < 4.78 is 10.3. The fraction of sp³-hybridized carbons (Fsp3) is 0.259. The summed E-state index contributed by atoms with van der Waals surface area (Å²) in [5, 5.41) is 23.7. The molecule has 1 heterocycles. The summed E-state index contributed by atoms with van der Waals surface area (Å²) in [5.74, 6) is 0.675. The summed E-state index contributed by atoms with van der Waals surface area (Å²) in [5.41, 5.74) is 1.01. The fourth-order valence-electron chi connectivity index (χ4n) is 4.16. The Bertz CT molecular complexity index is 1190. The second-order valence-corrected chi connectivity index (χ2v) is 8.36. The van der Waals surface area contributed by atoms with Gasteiger partial charge in [0.25, 0.3) is 0 Å². The van der Waals surface area contributed by atoms with Gasteiger partial charge in [-0.05, 0) is 49.2 Å². The average molecular weight is 489 g/mol. The number of anilines is 1. The molecule has 1 unspecified atom stereocenters. The molecular weight excluding hydrogens is 460 g/mol. The summed E-state index contributed by atoms with van der Waals surface area (Å²) >= 11 is 0. The number of nitrogens with one attached hydrogen (secondary N) is 1. The van der Waals surface area contributed by atoms with E-state index in [1.807, 2.05) is 0 Å². The van der Waals surface area contributed by atoms with Gasteiger partial charge < -0.3 is 25.0 Å². The first-order chi connectivity index (χ1) is 17.5. The number of aromatic hydroxyl groups is 2. The van der Waals surface area contributed by atoms with E-state index in [1.165, 1.54) is 14.2 Å². The van der Waals surface area contributed by atoms with Crippen LogP contribution in [0, 0.1) is 5.92 Å². The molecule has 0 saturated heterocycles. The van der Waals surface area contributed by atoms with Crippen LogP contribution in [0.3, 0.4) is 0 Å². The van der Waals surface area contributed by atoms with Crippen LogP contribution < -0.4 is 14.8 Å². The molecule has 9 nitrogen and oxygen atoms in total. The number of nitrogens with zero attached hydrogens (tertiary/aromatic N) is 3. The molecule has 3 N–H and O–H groups in total. The van der Waals surface area contributed by atoms with Crippen molar-refractivity contribution in [1.82, 2.24) is 4.98 Å². The maximum Gasteiger partial charge on any atom is 0.228 e. The fourth-order valence-corrected chi connectivity index (χ4v) is 4.16. The van der Waals surface area contributed by atoms with Crippen molar-refractivity contribution in [2.24, 2.45) is 15.9 Å². The largest absolute Gasteiger partial charge is 0.504 e. The lowest BCUT2D eigenvalue weighted by molar-refractivity contribution is -0.119. The van der Waals surface area contributed by atoms with Gasteiger partial charge in [0.1, 0.15) is 5.82 Å². The van der Waals surface area contributed by atoms with Gasteiger partial charge in [0.05, 0.1) is 26.3 Å². The number of aliphatic imine (C=N–C) groups is 2. The Morgan fingerprint density at radius 1 is 0.889 bits per heavy atom. The molecule has 3 atom stereocenters. The molecule has 0 aliphatic heterocycles. The van der Waals surface area contributed by atoms with E-state index in [-0.39, 0.29) is 35.4 Å². The first-order valence-corrected chi connectivity index (χ1v) is 11.5. The standard InChI is InChI=1S/C27H28N4O5/c1-35-22-9-5-7-17(25(22)32)15-29-20-13-19(27(34)31-24-11-3-4-12-28-24)14-21(20)30-16-18-8-6-10-23(36-2)26(18)33/h3-12,15-16,19-21,32-33H,13-14H2,1-2H3,(H,28,31,34)/t19?,20-,21+. The van der Waals surface area contributed by atoms with Crippen LogP contribution in [0.15, 0.2) is 70.8 Å². The number of benzene rings is 2. The molecule has 0 bridgehead atoms. The van der Waals surface area contributed by atoms with Gasteiger partial charge in [-0.3, -0.25) is 14.8 Å². The highest BCUT2D eigenvalue weighted by Gasteiger charge is 2.37. The van der Waals surface area contributed by atoms with E-state index in [0.29, 0.717) is 41.3 Å². The minimum atomic E-state index is -0.339. The van der Waals surface area contributed by atoms with Crippen molar-refractivity contribution in [2.45, 2.75) is 24.9 Å². The Kier molecular flexibility index (Phi) is 7.79. The summed E-state index contributed by atoms with van der Waals surface area (Å²) in [6, 6.07) is 15.0. The lowest BCUT2D eigenvalue weighted by Gasteiger charge is -2.12. The summed E-state index contributed by atoms with van der Waals surface area (Å²) in [6.45, 7) is 0. The smallest absolute Gasteiger partial charge is 0.228 e. The average Bonchev–Trinajstić information content (AvgIpc) is 3.31. The van der Waals surface area contributed by atoms with Crippen LogP contribution in [0.1, 0.15) is 24.0 Å². The van der Waals surface area contributed by atoms with Crippen LogP contribution in [0.4, 0.5) is 5.82 Å². The number of phenols is 2. The monoisotopic (exact) mass is 488 g/mol. The van der Waals surface area contributed by atoms with Crippen molar-refractivity contribution >= 4 is 24.2 Å². The van der Waals surface area contributed by atoms with Crippen molar-refractivity contribution in [1.29, 1.82) is 0 Å².